The number of rotatable bonds is 2. The van der Waals surface area contributed by atoms with Gasteiger partial charge in [-0.3, -0.25) is 14.5 Å². The molecule has 2 amide bonds. The molecular weight excluding hydrogens is 262 g/mol. The number of carbonyl (C=O) groups is 3. The van der Waals surface area contributed by atoms with E-state index in [0.29, 0.717) is 25.7 Å². The molecule has 2 aliphatic heterocycles. The van der Waals surface area contributed by atoms with Gasteiger partial charge in [-0.2, -0.15) is 0 Å². The summed E-state index contributed by atoms with van der Waals surface area (Å²) in [6.07, 6.45) is 3.87. The van der Waals surface area contributed by atoms with E-state index in [1.54, 1.807) is 0 Å². The summed E-state index contributed by atoms with van der Waals surface area (Å²) in [6, 6.07) is 0. The van der Waals surface area contributed by atoms with Crippen LogP contribution in [0.5, 0.6) is 0 Å². The smallest absolute Gasteiger partial charge is 0.330 e. The summed E-state index contributed by atoms with van der Waals surface area (Å²) in [5, 5.41) is 9.71. The molecule has 2 heterocycles. The van der Waals surface area contributed by atoms with Crippen molar-refractivity contribution >= 4 is 17.8 Å². The lowest BCUT2D eigenvalue weighted by molar-refractivity contribution is -0.184. The number of imide groups is 1. The Labute approximate surface area is 117 Å². The van der Waals surface area contributed by atoms with Crippen LogP contribution in [0, 0.1) is 0 Å². The summed E-state index contributed by atoms with van der Waals surface area (Å²) in [5.41, 5.74) is -1.35. The molecule has 3 aliphatic rings. The third-order valence-electron chi connectivity index (χ3n) is 4.77. The fraction of sp³-hybridized carbons (Fsp3) is 0.786. The Morgan fingerprint density at radius 3 is 2.00 bits per heavy atom. The van der Waals surface area contributed by atoms with Gasteiger partial charge in [0.1, 0.15) is 17.7 Å². The Balaban J connectivity index is 1.99. The molecule has 0 aromatic carbocycles. The second kappa shape index (κ2) is 4.84. The maximum Gasteiger partial charge on any atom is 0.330 e. The van der Waals surface area contributed by atoms with E-state index in [1.807, 2.05) is 0 Å². The van der Waals surface area contributed by atoms with Crippen LogP contribution in [0.1, 0.15) is 51.4 Å². The molecule has 110 valence electrons. The number of morpholine rings is 1. The highest BCUT2D eigenvalue weighted by atomic mass is 16.5. The minimum atomic E-state index is -1.35. The molecule has 1 aliphatic carbocycles. The molecule has 2 bridgehead atoms. The van der Waals surface area contributed by atoms with Gasteiger partial charge >= 0.3 is 5.97 Å². The van der Waals surface area contributed by atoms with E-state index < -0.39 is 35.5 Å². The molecule has 1 saturated carbocycles. The van der Waals surface area contributed by atoms with Crippen LogP contribution in [-0.4, -0.2) is 45.5 Å². The van der Waals surface area contributed by atoms with Crippen LogP contribution in [0.2, 0.25) is 0 Å². The number of carboxylic acids is 1. The van der Waals surface area contributed by atoms with E-state index in [4.69, 9.17) is 4.74 Å². The van der Waals surface area contributed by atoms with Crippen molar-refractivity contribution in [3.63, 3.8) is 0 Å². The van der Waals surface area contributed by atoms with Crippen LogP contribution < -0.4 is 0 Å². The lowest BCUT2D eigenvalue weighted by Gasteiger charge is -2.42. The van der Waals surface area contributed by atoms with Gasteiger partial charge in [0.2, 0.25) is 0 Å². The number of nitrogens with zero attached hydrogens (tertiary/aromatic N) is 1. The van der Waals surface area contributed by atoms with Crippen molar-refractivity contribution in [3.8, 4) is 0 Å². The summed E-state index contributed by atoms with van der Waals surface area (Å²) >= 11 is 0. The van der Waals surface area contributed by atoms with Crippen LogP contribution >= 0.6 is 0 Å². The topological polar surface area (TPSA) is 83.9 Å². The van der Waals surface area contributed by atoms with Crippen molar-refractivity contribution in [2.75, 3.05) is 0 Å². The zero-order chi connectivity index (χ0) is 14.3. The number of aliphatic carboxylic acids is 1. The molecule has 20 heavy (non-hydrogen) atoms. The molecule has 6 nitrogen and oxygen atoms in total. The highest BCUT2D eigenvalue weighted by Crippen LogP contribution is 2.39. The van der Waals surface area contributed by atoms with E-state index >= 15 is 0 Å². The zero-order valence-electron chi connectivity index (χ0n) is 11.3. The summed E-state index contributed by atoms with van der Waals surface area (Å²) in [7, 11) is 0. The first-order valence-corrected chi connectivity index (χ1v) is 7.33. The Hall–Kier alpha value is -1.43. The largest absolute Gasteiger partial charge is 0.479 e. The van der Waals surface area contributed by atoms with Gasteiger partial charge in [-0.1, -0.05) is 25.7 Å². The van der Waals surface area contributed by atoms with E-state index in [-0.39, 0.29) is 0 Å². The standard InChI is InChI=1S/C14H19NO5/c16-11-9-5-6-10(20-9)12(17)15(11)14(13(18)19)7-3-1-2-4-8-14/h9-10H,1-8H2,(H,18,19). The fourth-order valence-corrected chi connectivity index (χ4v) is 3.67. The molecular formula is C14H19NO5. The van der Waals surface area contributed by atoms with E-state index in [0.717, 1.165) is 30.6 Å². The normalized spacial score (nSPS) is 33.1. The molecule has 0 aromatic heterocycles. The van der Waals surface area contributed by atoms with Gasteiger partial charge < -0.3 is 9.84 Å². The molecule has 0 spiro atoms. The van der Waals surface area contributed by atoms with Gasteiger partial charge in [0.05, 0.1) is 0 Å². The van der Waals surface area contributed by atoms with Gasteiger partial charge in [0, 0.05) is 0 Å². The number of likely N-dealkylation sites (tertiary alicyclic amines) is 1. The van der Waals surface area contributed by atoms with Gasteiger partial charge in [-0.15, -0.1) is 0 Å². The lowest BCUT2D eigenvalue weighted by Crippen LogP contribution is -2.65. The SMILES string of the molecule is O=C1C2CCC(O2)C(=O)N1C1(C(=O)O)CCCCCC1. The fourth-order valence-electron chi connectivity index (χ4n) is 3.67. The molecule has 0 aromatic rings. The zero-order valence-corrected chi connectivity index (χ0v) is 11.3. The number of carbonyl (C=O) groups excluding carboxylic acids is 2. The third-order valence-corrected chi connectivity index (χ3v) is 4.77. The second-order valence-electron chi connectivity index (χ2n) is 5.95. The van der Waals surface area contributed by atoms with Gasteiger partial charge in [-0.25, -0.2) is 4.79 Å². The number of hydrogen-bond acceptors (Lipinski definition) is 4. The van der Waals surface area contributed by atoms with Crippen molar-refractivity contribution in [2.24, 2.45) is 0 Å². The Morgan fingerprint density at radius 1 is 1.05 bits per heavy atom. The van der Waals surface area contributed by atoms with Crippen LogP contribution in [-0.2, 0) is 19.1 Å². The minimum absolute atomic E-state index is 0.360. The molecule has 2 unspecified atom stereocenters. The first-order valence-electron chi connectivity index (χ1n) is 7.33. The second-order valence-corrected chi connectivity index (χ2v) is 5.95. The van der Waals surface area contributed by atoms with Gasteiger partial charge in [-0.05, 0) is 25.7 Å². The minimum Gasteiger partial charge on any atom is -0.479 e. The van der Waals surface area contributed by atoms with Crippen molar-refractivity contribution in [2.45, 2.75) is 69.1 Å². The highest BCUT2D eigenvalue weighted by molar-refractivity contribution is 6.06. The van der Waals surface area contributed by atoms with E-state index in [1.165, 1.54) is 0 Å². The highest BCUT2D eigenvalue weighted by Gasteiger charge is 2.57. The Bertz CT molecular complexity index is 430. The molecule has 3 fully saturated rings. The number of ether oxygens (including phenoxy) is 1. The van der Waals surface area contributed by atoms with Crippen molar-refractivity contribution in [1.29, 1.82) is 0 Å². The van der Waals surface area contributed by atoms with Gasteiger partial charge in [0.15, 0.2) is 0 Å². The van der Waals surface area contributed by atoms with Crippen LogP contribution in [0.3, 0.4) is 0 Å². The summed E-state index contributed by atoms with van der Waals surface area (Å²) in [6.45, 7) is 0. The van der Waals surface area contributed by atoms with Crippen LogP contribution in [0.15, 0.2) is 0 Å². The summed E-state index contributed by atoms with van der Waals surface area (Å²) in [5.74, 6) is -1.96. The molecule has 6 heteroatoms. The number of fused-ring (bicyclic) bond motifs is 2. The Kier molecular flexibility index (Phi) is 3.28. The summed E-state index contributed by atoms with van der Waals surface area (Å²) < 4.78 is 5.37. The molecule has 2 saturated heterocycles. The molecule has 3 rings (SSSR count). The number of amides is 2. The predicted molar refractivity (Wildman–Crippen MR) is 67.8 cm³/mol. The number of carboxylic acid groups (broad SMARTS) is 1. The van der Waals surface area contributed by atoms with Crippen LogP contribution in [0.4, 0.5) is 0 Å². The quantitative estimate of drug-likeness (QED) is 0.605. The van der Waals surface area contributed by atoms with Gasteiger partial charge in [0.25, 0.3) is 11.8 Å². The first kappa shape index (κ1) is 13.5. The lowest BCUT2D eigenvalue weighted by atomic mass is 9.87. The predicted octanol–water partition coefficient (Wildman–Crippen LogP) is 1.08. The maximum absolute atomic E-state index is 12.4. The van der Waals surface area contributed by atoms with Crippen LogP contribution in [0.25, 0.3) is 0 Å². The number of hydrogen-bond donors (Lipinski definition) is 1. The average molecular weight is 281 g/mol. The Morgan fingerprint density at radius 2 is 1.55 bits per heavy atom. The first-order chi connectivity index (χ1) is 9.56. The van der Waals surface area contributed by atoms with Crippen molar-refractivity contribution in [3.05, 3.63) is 0 Å². The summed E-state index contributed by atoms with van der Waals surface area (Å²) in [4.78, 5) is 37.8. The van der Waals surface area contributed by atoms with E-state index in [9.17, 15) is 19.5 Å². The van der Waals surface area contributed by atoms with Crippen molar-refractivity contribution < 1.29 is 24.2 Å². The average Bonchev–Trinajstić information content (AvgIpc) is 2.72. The third kappa shape index (κ3) is 1.85. The molecule has 2 atom stereocenters. The molecule has 0 radical (unpaired) electrons. The maximum atomic E-state index is 12.4. The molecule has 1 N–H and O–H groups in total. The monoisotopic (exact) mass is 281 g/mol. The van der Waals surface area contributed by atoms with E-state index in [2.05, 4.69) is 0 Å². The van der Waals surface area contributed by atoms with Crippen molar-refractivity contribution in [1.82, 2.24) is 4.90 Å².